The first-order chi connectivity index (χ1) is 13.6. The van der Waals surface area contributed by atoms with Gasteiger partial charge in [-0.3, -0.25) is 9.48 Å². The summed E-state index contributed by atoms with van der Waals surface area (Å²) in [5.74, 6) is -0.332. The van der Waals surface area contributed by atoms with Crippen molar-refractivity contribution < 1.29 is 9.90 Å². The lowest BCUT2D eigenvalue weighted by Gasteiger charge is -2.22. The van der Waals surface area contributed by atoms with Gasteiger partial charge in [-0.05, 0) is 58.0 Å². The second kappa shape index (κ2) is 6.86. The number of rotatable bonds is 4. The van der Waals surface area contributed by atoms with Crippen molar-refractivity contribution in [2.75, 3.05) is 5.32 Å². The molecular weight excluding hydrogens is 390 g/mol. The van der Waals surface area contributed by atoms with Gasteiger partial charge in [-0.25, -0.2) is 4.52 Å². The number of anilines is 1. The second-order valence-corrected chi connectivity index (χ2v) is 8.34. The second-order valence-electron chi connectivity index (χ2n) is 7.90. The molecule has 0 spiro atoms. The summed E-state index contributed by atoms with van der Waals surface area (Å²) >= 11 is 5.98. The summed E-state index contributed by atoms with van der Waals surface area (Å²) in [5, 5.41) is 23.8. The van der Waals surface area contributed by atoms with E-state index in [-0.39, 0.29) is 11.9 Å². The summed E-state index contributed by atoms with van der Waals surface area (Å²) in [7, 11) is 0. The van der Waals surface area contributed by atoms with Gasteiger partial charge in [0.1, 0.15) is 5.69 Å². The lowest BCUT2D eigenvalue weighted by atomic mass is 9.95. The van der Waals surface area contributed by atoms with Crippen LogP contribution in [0.4, 0.5) is 5.69 Å². The summed E-state index contributed by atoms with van der Waals surface area (Å²) in [4.78, 5) is 13.0. The van der Waals surface area contributed by atoms with Gasteiger partial charge in [0.25, 0.3) is 5.91 Å². The maximum atomic E-state index is 13.0. The first kappa shape index (κ1) is 19.4. The SMILES string of the molecule is CC(C)n1cc2cc(NC(=O)c3ccc4cc(Cl)cnn34)c(C(C)(C)O)cc2n1. The predicted octanol–water partition coefficient (Wildman–Crippen LogP) is 4.40. The van der Waals surface area contributed by atoms with Crippen LogP contribution in [0.2, 0.25) is 5.02 Å². The largest absolute Gasteiger partial charge is 0.386 e. The molecule has 0 aliphatic carbocycles. The molecule has 0 aliphatic heterocycles. The smallest absolute Gasteiger partial charge is 0.274 e. The molecule has 7 nitrogen and oxygen atoms in total. The van der Waals surface area contributed by atoms with Crippen molar-refractivity contribution in [3.05, 3.63) is 59.0 Å². The fraction of sp³-hybridized carbons (Fsp3) is 0.286. The van der Waals surface area contributed by atoms with Crippen LogP contribution in [0, 0.1) is 0 Å². The molecule has 0 saturated carbocycles. The Bertz CT molecular complexity index is 1230. The van der Waals surface area contributed by atoms with E-state index in [4.69, 9.17) is 11.6 Å². The Balaban J connectivity index is 1.78. The Kier molecular flexibility index (Phi) is 4.59. The average Bonchev–Trinajstić information content (AvgIpc) is 3.23. The molecule has 4 rings (SSSR count). The summed E-state index contributed by atoms with van der Waals surface area (Å²) in [6.07, 6.45) is 3.42. The molecule has 0 unspecified atom stereocenters. The van der Waals surface area contributed by atoms with Crippen LogP contribution in [0.3, 0.4) is 0 Å². The third-order valence-corrected chi connectivity index (χ3v) is 5.00. The Morgan fingerprint density at radius 3 is 2.69 bits per heavy atom. The van der Waals surface area contributed by atoms with Gasteiger partial charge in [0.05, 0.1) is 27.9 Å². The molecule has 0 fully saturated rings. The number of benzene rings is 1. The van der Waals surface area contributed by atoms with Gasteiger partial charge in [-0.15, -0.1) is 0 Å². The van der Waals surface area contributed by atoms with E-state index in [1.807, 2.05) is 36.9 Å². The molecular formula is C21H22ClN5O2. The molecule has 0 radical (unpaired) electrons. The third kappa shape index (κ3) is 3.59. The van der Waals surface area contributed by atoms with Crippen LogP contribution in [0.25, 0.3) is 16.4 Å². The van der Waals surface area contributed by atoms with Crippen molar-refractivity contribution in [1.29, 1.82) is 0 Å². The molecule has 1 amide bonds. The van der Waals surface area contributed by atoms with Gasteiger partial charge in [0.15, 0.2) is 0 Å². The average molecular weight is 412 g/mol. The van der Waals surface area contributed by atoms with Gasteiger partial charge >= 0.3 is 0 Å². The molecule has 150 valence electrons. The van der Waals surface area contributed by atoms with Gasteiger partial charge in [-0.2, -0.15) is 10.2 Å². The van der Waals surface area contributed by atoms with Crippen molar-refractivity contribution in [3.8, 4) is 0 Å². The molecule has 2 N–H and O–H groups in total. The highest BCUT2D eigenvalue weighted by molar-refractivity contribution is 6.30. The fourth-order valence-electron chi connectivity index (χ4n) is 3.30. The molecule has 3 heterocycles. The van der Waals surface area contributed by atoms with Crippen LogP contribution >= 0.6 is 11.6 Å². The summed E-state index contributed by atoms with van der Waals surface area (Å²) in [6.45, 7) is 7.45. The van der Waals surface area contributed by atoms with Crippen LogP contribution in [-0.4, -0.2) is 30.4 Å². The van der Waals surface area contributed by atoms with E-state index in [0.717, 1.165) is 16.4 Å². The summed E-state index contributed by atoms with van der Waals surface area (Å²) in [6, 6.07) is 9.06. The zero-order chi connectivity index (χ0) is 20.9. The molecule has 0 aliphatic rings. The van der Waals surface area contributed by atoms with Crippen molar-refractivity contribution in [1.82, 2.24) is 19.4 Å². The van der Waals surface area contributed by atoms with Crippen molar-refractivity contribution in [2.45, 2.75) is 39.3 Å². The number of aromatic nitrogens is 4. The number of nitrogens with zero attached hydrogens (tertiary/aromatic N) is 4. The highest BCUT2D eigenvalue weighted by atomic mass is 35.5. The van der Waals surface area contributed by atoms with E-state index in [1.165, 1.54) is 10.7 Å². The number of hydrogen-bond donors (Lipinski definition) is 2. The normalized spacial score (nSPS) is 12.2. The third-order valence-electron chi connectivity index (χ3n) is 4.80. The number of aliphatic hydroxyl groups is 1. The highest BCUT2D eigenvalue weighted by Crippen LogP contribution is 2.32. The standard InChI is InChI=1S/C21H22ClN5O2/c1-12(2)26-11-13-7-18(16(21(3,4)29)9-17(13)25-26)24-20(28)19-6-5-15-8-14(22)10-23-27(15)19/h5-12,29H,1-4H3,(H,24,28). The van der Waals surface area contributed by atoms with Gasteiger partial charge in [0, 0.05) is 28.9 Å². The first-order valence-electron chi connectivity index (χ1n) is 9.34. The number of amides is 1. The molecule has 0 saturated heterocycles. The number of fused-ring (bicyclic) bond motifs is 2. The Labute approximate surface area is 172 Å². The quantitative estimate of drug-likeness (QED) is 0.521. The van der Waals surface area contributed by atoms with Crippen molar-refractivity contribution >= 4 is 39.6 Å². The Morgan fingerprint density at radius 1 is 1.24 bits per heavy atom. The topological polar surface area (TPSA) is 84.5 Å². The minimum atomic E-state index is -1.16. The van der Waals surface area contributed by atoms with E-state index in [2.05, 4.69) is 15.5 Å². The summed E-state index contributed by atoms with van der Waals surface area (Å²) < 4.78 is 3.39. The maximum absolute atomic E-state index is 13.0. The summed E-state index contributed by atoms with van der Waals surface area (Å²) in [5.41, 5.74) is 1.81. The van der Waals surface area contributed by atoms with Crippen molar-refractivity contribution in [3.63, 3.8) is 0 Å². The minimum Gasteiger partial charge on any atom is -0.386 e. The van der Waals surface area contributed by atoms with E-state index in [0.29, 0.717) is 22.0 Å². The number of carbonyl (C=O) groups is 1. The molecule has 0 bridgehead atoms. The number of hydrogen-bond acceptors (Lipinski definition) is 4. The molecule has 0 atom stereocenters. The monoisotopic (exact) mass is 411 g/mol. The van der Waals surface area contributed by atoms with Crippen LogP contribution < -0.4 is 5.32 Å². The minimum absolute atomic E-state index is 0.205. The number of carbonyl (C=O) groups excluding carboxylic acids is 1. The molecule has 8 heteroatoms. The van der Waals surface area contributed by atoms with E-state index in [9.17, 15) is 9.90 Å². The Morgan fingerprint density at radius 2 is 2.00 bits per heavy atom. The van der Waals surface area contributed by atoms with Gasteiger partial charge in [0.2, 0.25) is 0 Å². The lowest BCUT2D eigenvalue weighted by molar-refractivity contribution is 0.0794. The molecule has 29 heavy (non-hydrogen) atoms. The number of halogens is 1. The van der Waals surface area contributed by atoms with E-state index >= 15 is 0 Å². The zero-order valence-corrected chi connectivity index (χ0v) is 17.4. The molecule has 4 aromatic rings. The molecule has 3 aromatic heterocycles. The van der Waals surface area contributed by atoms with E-state index < -0.39 is 5.60 Å². The number of nitrogens with one attached hydrogen (secondary N) is 1. The zero-order valence-electron chi connectivity index (χ0n) is 16.6. The van der Waals surface area contributed by atoms with Gasteiger partial charge < -0.3 is 10.4 Å². The van der Waals surface area contributed by atoms with E-state index in [1.54, 1.807) is 32.0 Å². The predicted molar refractivity (Wildman–Crippen MR) is 114 cm³/mol. The van der Waals surface area contributed by atoms with Crippen molar-refractivity contribution in [2.24, 2.45) is 0 Å². The van der Waals surface area contributed by atoms with Crippen LogP contribution in [-0.2, 0) is 5.60 Å². The lowest BCUT2D eigenvalue weighted by Crippen LogP contribution is -2.22. The first-order valence-corrected chi connectivity index (χ1v) is 9.71. The van der Waals surface area contributed by atoms with Gasteiger partial charge in [-0.1, -0.05) is 11.6 Å². The highest BCUT2D eigenvalue weighted by Gasteiger charge is 2.24. The Hall–Kier alpha value is -2.90. The van der Waals surface area contributed by atoms with Crippen LogP contribution in [0.5, 0.6) is 0 Å². The maximum Gasteiger partial charge on any atom is 0.274 e. The molecule has 1 aromatic carbocycles. The van der Waals surface area contributed by atoms with Crippen LogP contribution in [0.1, 0.15) is 49.8 Å². The fourth-order valence-corrected chi connectivity index (χ4v) is 3.45. The van der Waals surface area contributed by atoms with Crippen LogP contribution in [0.15, 0.2) is 42.7 Å².